The summed E-state index contributed by atoms with van der Waals surface area (Å²) < 4.78 is 21.9. The molecule has 0 amide bonds. The fourth-order valence-electron chi connectivity index (χ4n) is 2.27. The zero-order chi connectivity index (χ0) is 15.5. The molecule has 1 N–H and O–H groups in total. The number of hydrogen-bond acceptors (Lipinski definition) is 4. The van der Waals surface area contributed by atoms with Crippen LogP contribution in [0.2, 0.25) is 0 Å². The standard InChI is InChI=1S/C16H17FN4O/c1-18-12-3-5-13(6-4-12)22-14-7-8-19-16(15(14)17)11-9-20-21(2)10-11/h3-6,9-10,18H,7-8H2,1-2H3. The average Bonchev–Trinajstić information content (AvgIpc) is 2.96. The zero-order valence-corrected chi connectivity index (χ0v) is 12.5. The predicted octanol–water partition coefficient (Wildman–Crippen LogP) is 2.91. The molecular weight excluding hydrogens is 283 g/mol. The van der Waals surface area contributed by atoms with Gasteiger partial charge in [-0.1, -0.05) is 0 Å². The fraction of sp³-hybridized carbons (Fsp3) is 0.250. The number of hydrogen-bond donors (Lipinski definition) is 1. The van der Waals surface area contributed by atoms with E-state index in [1.165, 1.54) is 0 Å². The van der Waals surface area contributed by atoms with E-state index in [0.29, 0.717) is 35.7 Å². The number of rotatable bonds is 4. The molecule has 1 aliphatic rings. The van der Waals surface area contributed by atoms with Gasteiger partial charge in [0, 0.05) is 44.5 Å². The molecule has 0 bridgehead atoms. The van der Waals surface area contributed by atoms with Gasteiger partial charge in [-0.2, -0.15) is 5.10 Å². The van der Waals surface area contributed by atoms with Crippen LogP contribution < -0.4 is 10.1 Å². The SMILES string of the molecule is CNc1ccc(OC2=C(F)C(c3cnn(C)c3)=NCC2)cc1. The normalized spacial score (nSPS) is 14.8. The van der Waals surface area contributed by atoms with Crippen molar-refractivity contribution in [1.29, 1.82) is 0 Å². The van der Waals surface area contributed by atoms with E-state index in [1.54, 1.807) is 24.1 Å². The largest absolute Gasteiger partial charge is 0.459 e. The molecule has 3 rings (SSSR count). The molecule has 2 heterocycles. The molecule has 0 atom stereocenters. The molecule has 114 valence electrons. The van der Waals surface area contributed by atoms with Crippen molar-refractivity contribution in [2.45, 2.75) is 6.42 Å². The number of nitrogens with zero attached hydrogens (tertiary/aromatic N) is 3. The Kier molecular flexibility index (Phi) is 3.91. The fourth-order valence-corrected chi connectivity index (χ4v) is 2.27. The highest BCUT2D eigenvalue weighted by Gasteiger charge is 2.22. The van der Waals surface area contributed by atoms with Crippen molar-refractivity contribution in [3.05, 3.63) is 53.8 Å². The summed E-state index contributed by atoms with van der Waals surface area (Å²) in [5.74, 6) is 0.500. The molecule has 0 unspecified atom stereocenters. The van der Waals surface area contributed by atoms with Crippen molar-refractivity contribution in [2.75, 3.05) is 18.9 Å². The Balaban J connectivity index is 1.84. The minimum atomic E-state index is -0.419. The number of allylic oxidation sites excluding steroid dienone is 1. The van der Waals surface area contributed by atoms with Crippen LogP contribution in [0.1, 0.15) is 12.0 Å². The van der Waals surface area contributed by atoms with E-state index < -0.39 is 5.83 Å². The molecule has 1 aromatic heterocycles. The van der Waals surface area contributed by atoms with Crippen LogP contribution in [0.25, 0.3) is 0 Å². The summed E-state index contributed by atoms with van der Waals surface area (Å²) in [4.78, 5) is 4.25. The maximum absolute atomic E-state index is 14.6. The first-order valence-electron chi connectivity index (χ1n) is 7.05. The van der Waals surface area contributed by atoms with E-state index in [9.17, 15) is 4.39 Å². The Morgan fingerprint density at radius 2 is 2.05 bits per heavy atom. The number of nitrogens with one attached hydrogen (secondary N) is 1. The van der Waals surface area contributed by atoms with Gasteiger partial charge in [0.25, 0.3) is 0 Å². The van der Waals surface area contributed by atoms with E-state index in [2.05, 4.69) is 15.4 Å². The van der Waals surface area contributed by atoms with Gasteiger partial charge in [-0.15, -0.1) is 0 Å². The summed E-state index contributed by atoms with van der Waals surface area (Å²) in [6.07, 6.45) is 3.79. The monoisotopic (exact) mass is 300 g/mol. The highest BCUT2D eigenvalue weighted by molar-refractivity contribution is 6.11. The number of anilines is 1. The van der Waals surface area contributed by atoms with Gasteiger partial charge in [-0.05, 0) is 24.3 Å². The lowest BCUT2D eigenvalue weighted by Gasteiger charge is -2.16. The molecule has 22 heavy (non-hydrogen) atoms. The van der Waals surface area contributed by atoms with Crippen LogP contribution in [0, 0.1) is 0 Å². The van der Waals surface area contributed by atoms with Gasteiger partial charge in [0.15, 0.2) is 5.83 Å². The maximum Gasteiger partial charge on any atom is 0.187 e. The number of ether oxygens (including phenoxy) is 1. The summed E-state index contributed by atoms with van der Waals surface area (Å²) in [5, 5.41) is 7.08. The maximum atomic E-state index is 14.6. The van der Waals surface area contributed by atoms with E-state index in [4.69, 9.17) is 4.74 Å². The van der Waals surface area contributed by atoms with Crippen LogP contribution in [0.3, 0.4) is 0 Å². The minimum absolute atomic E-state index is 0.307. The third-order valence-electron chi connectivity index (χ3n) is 3.42. The molecule has 1 aromatic carbocycles. The van der Waals surface area contributed by atoms with Crippen LogP contribution in [-0.4, -0.2) is 29.1 Å². The predicted molar refractivity (Wildman–Crippen MR) is 84.0 cm³/mol. The highest BCUT2D eigenvalue weighted by atomic mass is 19.1. The van der Waals surface area contributed by atoms with Gasteiger partial charge >= 0.3 is 0 Å². The van der Waals surface area contributed by atoms with Crippen molar-refractivity contribution < 1.29 is 9.13 Å². The Morgan fingerprint density at radius 3 is 2.68 bits per heavy atom. The van der Waals surface area contributed by atoms with Crippen molar-refractivity contribution >= 4 is 11.4 Å². The Bertz CT molecular complexity index is 731. The number of dihydropyridines is 1. The van der Waals surface area contributed by atoms with Gasteiger partial charge in [0.2, 0.25) is 0 Å². The lowest BCUT2D eigenvalue weighted by molar-refractivity contribution is 0.380. The lowest BCUT2D eigenvalue weighted by Crippen LogP contribution is -2.14. The molecular formula is C16H17FN4O. The van der Waals surface area contributed by atoms with Gasteiger partial charge in [-0.25, -0.2) is 4.39 Å². The zero-order valence-electron chi connectivity index (χ0n) is 12.5. The Labute approximate surface area is 128 Å². The first-order valence-corrected chi connectivity index (χ1v) is 7.05. The quantitative estimate of drug-likeness (QED) is 0.944. The topological polar surface area (TPSA) is 51.4 Å². The number of aliphatic imine (C=N–C) groups is 1. The lowest BCUT2D eigenvalue weighted by atomic mass is 10.1. The van der Waals surface area contributed by atoms with E-state index in [1.807, 2.05) is 31.3 Å². The van der Waals surface area contributed by atoms with Gasteiger partial charge in [0.05, 0.1) is 6.20 Å². The molecule has 1 aliphatic heterocycles. The molecule has 2 aromatic rings. The Hall–Kier alpha value is -2.63. The van der Waals surface area contributed by atoms with Crippen LogP contribution in [-0.2, 0) is 7.05 Å². The molecule has 0 saturated carbocycles. The first kappa shape index (κ1) is 14.3. The van der Waals surface area contributed by atoms with Crippen molar-refractivity contribution in [3.63, 3.8) is 0 Å². The van der Waals surface area contributed by atoms with E-state index >= 15 is 0 Å². The van der Waals surface area contributed by atoms with Crippen LogP contribution in [0.15, 0.2) is 53.2 Å². The average molecular weight is 300 g/mol. The number of aryl methyl sites for hydroxylation is 1. The summed E-state index contributed by atoms with van der Waals surface area (Å²) in [5.41, 5.74) is 1.94. The molecule has 0 fully saturated rings. The van der Waals surface area contributed by atoms with Crippen LogP contribution in [0.4, 0.5) is 10.1 Å². The molecule has 0 radical (unpaired) electrons. The third-order valence-corrected chi connectivity index (χ3v) is 3.42. The first-order chi connectivity index (χ1) is 10.7. The second-order valence-electron chi connectivity index (χ2n) is 5.00. The third kappa shape index (κ3) is 2.86. The summed E-state index contributed by atoms with van der Waals surface area (Å²) >= 11 is 0. The minimum Gasteiger partial charge on any atom is -0.459 e. The van der Waals surface area contributed by atoms with Gasteiger partial charge < -0.3 is 10.1 Å². The molecule has 5 nitrogen and oxygen atoms in total. The van der Waals surface area contributed by atoms with Crippen LogP contribution in [0.5, 0.6) is 5.75 Å². The second kappa shape index (κ2) is 6.01. The highest BCUT2D eigenvalue weighted by Crippen LogP contribution is 2.26. The Morgan fingerprint density at radius 1 is 1.27 bits per heavy atom. The number of benzene rings is 1. The molecule has 0 saturated heterocycles. The summed E-state index contributed by atoms with van der Waals surface area (Å²) in [6, 6.07) is 7.38. The van der Waals surface area contributed by atoms with Crippen molar-refractivity contribution in [3.8, 4) is 5.75 Å². The summed E-state index contributed by atoms with van der Waals surface area (Å²) in [7, 11) is 3.63. The van der Waals surface area contributed by atoms with Crippen molar-refractivity contribution in [1.82, 2.24) is 9.78 Å². The smallest absolute Gasteiger partial charge is 0.187 e. The second-order valence-corrected chi connectivity index (χ2v) is 5.00. The van der Waals surface area contributed by atoms with Crippen LogP contribution >= 0.6 is 0 Å². The van der Waals surface area contributed by atoms with Gasteiger partial charge in [0.1, 0.15) is 17.2 Å². The summed E-state index contributed by atoms with van der Waals surface area (Å²) in [6.45, 7) is 0.502. The molecule has 0 aliphatic carbocycles. The molecule has 6 heteroatoms. The number of halogens is 1. The number of aromatic nitrogens is 2. The van der Waals surface area contributed by atoms with Gasteiger partial charge in [-0.3, -0.25) is 9.67 Å². The molecule has 0 spiro atoms. The van der Waals surface area contributed by atoms with E-state index in [0.717, 1.165) is 5.69 Å². The van der Waals surface area contributed by atoms with E-state index in [-0.39, 0.29) is 0 Å². The van der Waals surface area contributed by atoms with Crippen molar-refractivity contribution in [2.24, 2.45) is 12.0 Å².